The fourth-order valence-electron chi connectivity index (χ4n) is 2.22. The number of cyclic esters (lactones) is 1. The number of aliphatic hydroxyl groups is 1. The van der Waals surface area contributed by atoms with Gasteiger partial charge < -0.3 is 14.6 Å². The second-order valence-electron chi connectivity index (χ2n) is 4.88. The Morgan fingerprint density at radius 1 is 1.26 bits per heavy atom. The van der Waals surface area contributed by atoms with E-state index in [1.54, 1.807) is 31.4 Å². The summed E-state index contributed by atoms with van der Waals surface area (Å²) in [6.45, 7) is 0.123. The number of ketones is 1. The predicted octanol–water partition coefficient (Wildman–Crippen LogP) is 1.51. The van der Waals surface area contributed by atoms with Crippen LogP contribution in [-0.4, -0.2) is 43.8 Å². The van der Waals surface area contributed by atoms with E-state index in [0.717, 1.165) is 0 Å². The Bertz CT molecular complexity index is 603. The molecule has 124 valence electrons. The van der Waals surface area contributed by atoms with Gasteiger partial charge in [0.2, 0.25) is 0 Å². The van der Waals surface area contributed by atoms with E-state index in [-0.39, 0.29) is 30.8 Å². The molecule has 1 aliphatic heterocycles. The first-order chi connectivity index (χ1) is 11.1. The average molecular weight is 322 g/mol. The molecule has 0 saturated carbocycles. The summed E-state index contributed by atoms with van der Waals surface area (Å²) in [5.41, 5.74) is 0.401. The van der Waals surface area contributed by atoms with Crippen molar-refractivity contribution in [1.29, 1.82) is 0 Å². The lowest BCUT2D eigenvalue weighted by atomic mass is 10.0. The van der Waals surface area contributed by atoms with Crippen LogP contribution in [0, 0.1) is 0 Å². The maximum atomic E-state index is 12.3. The van der Waals surface area contributed by atoms with Gasteiger partial charge in [-0.3, -0.25) is 4.79 Å². The fraction of sp³-hybridized carbons (Fsp3) is 0.375. The van der Waals surface area contributed by atoms with E-state index in [9.17, 15) is 14.7 Å². The monoisotopic (exact) mass is 322 g/mol. The predicted molar refractivity (Wildman–Crippen MR) is 78.8 cm³/mol. The number of methoxy groups -OCH3 is 1. The van der Waals surface area contributed by atoms with Crippen LogP contribution in [0.15, 0.2) is 35.6 Å². The molecule has 1 aliphatic rings. The van der Waals surface area contributed by atoms with Crippen LogP contribution in [0.25, 0.3) is 0 Å². The highest BCUT2D eigenvalue weighted by atomic mass is 17.2. The van der Waals surface area contributed by atoms with Crippen LogP contribution < -0.4 is 4.74 Å². The van der Waals surface area contributed by atoms with Crippen molar-refractivity contribution in [3.8, 4) is 5.75 Å². The second kappa shape index (κ2) is 7.75. The first-order valence-corrected chi connectivity index (χ1v) is 7.02. The molecule has 7 heteroatoms. The van der Waals surface area contributed by atoms with E-state index in [1.807, 2.05) is 0 Å². The molecule has 1 aromatic rings. The Morgan fingerprint density at radius 3 is 2.57 bits per heavy atom. The highest BCUT2D eigenvalue weighted by molar-refractivity contribution is 6.19. The number of carbonyl (C=O) groups is 2. The Morgan fingerprint density at radius 2 is 1.96 bits per heavy atom. The van der Waals surface area contributed by atoms with Gasteiger partial charge in [0.1, 0.15) is 11.3 Å². The lowest BCUT2D eigenvalue weighted by Gasteiger charge is -2.08. The molecular weight excluding hydrogens is 304 g/mol. The van der Waals surface area contributed by atoms with Crippen molar-refractivity contribution in [2.24, 2.45) is 0 Å². The molecule has 23 heavy (non-hydrogen) atoms. The quantitative estimate of drug-likeness (QED) is 0.255. The van der Waals surface area contributed by atoms with E-state index < -0.39 is 17.9 Å². The zero-order valence-corrected chi connectivity index (χ0v) is 12.9. The molecule has 1 N–H and O–H groups in total. The summed E-state index contributed by atoms with van der Waals surface area (Å²) in [5.74, 6) is -0.994. The normalized spacial score (nSPS) is 17.3. The summed E-state index contributed by atoms with van der Waals surface area (Å²) in [5, 5.41) is 10.0. The number of benzene rings is 1. The number of rotatable bonds is 8. The third kappa shape index (κ3) is 4.08. The molecule has 0 aromatic heterocycles. The molecule has 0 saturated heterocycles. The molecule has 1 atom stereocenters. The molecule has 0 fully saturated rings. The topological polar surface area (TPSA) is 91.3 Å². The molecule has 7 nitrogen and oxygen atoms in total. The summed E-state index contributed by atoms with van der Waals surface area (Å²) in [7, 11) is 2.89. The van der Waals surface area contributed by atoms with Crippen molar-refractivity contribution in [2.75, 3.05) is 20.8 Å². The van der Waals surface area contributed by atoms with E-state index in [2.05, 4.69) is 9.78 Å². The smallest absolute Gasteiger partial charge is 0.346 e. The Balaban J connectivity index is 2.05. The summed E-state index contributed by atoms with van der Waals surface area (Å²) in [4.78, 5) is 33.2. The highest BCUT2D eigenvalue weighted by Crippen LogP contribution is 2.25. The maximum Gasteiger partial charge on any atom is 0.346 e. The number of hydrogen-bond acceptors (Lipinski definition) is 7. The van der Waals surface area contributed by atoms with Crippen LogP contribution in [0.3, 0.4) is 0 Å². The van der Waals surface area contributed by atoms with E-state index >= 15 is 0 Å². The van der Waals surface area contributed by atoms with Crippen molar-refractivity contribution in [3.05, 3.63) is 41.2 Å². The number of aliphatic hydroxyl groups excluding tert-OH is 1. The van der Waals surface area contributed by atoms with Crippen LogP contribution in [0.1, 0.15) is 12.0 Å². The average Bonchev–Trinajstić information content (AvgIpc) is 2.82. The maximum absolute atomic E-state index is 12.3. The summed E-state index contributed by atoms with van der Waals surface area (Å²) >= 11 is 0. The molecule has 0 bridgehead atoms. The summed E-state index contributed by atoms with van der Waals surface area (Å²) in [6, 6.07) is 6.88. The van der Waals surface area contributed by atoms with Crippen molar-refractivity contribution < 1.29 is 33.9 Å². The van der Waals surface area contributed by atoms with E-state index in [0.29, 0.717) is 11.3 Å². The van der Waals surface area contributed by atoms with Crippen LogP contribution in [-0.2, 0) is 30.5 Å². The number of carbonyl (C=O) groups excluding carboxylic acids is 2. The third-order valence-electron chi connectivity index (χ3n) is 3.40. The minimum Gasteiger partial charge on any atom is -0.507 e. The molecule has 0 radical (unpaired) electrons. The lowest BCUT2D eigenvalue weighted by Crippen LogP contribution is -2.14. The molecule has 0 spiro atoms. The number of ether oxygens (including phenoxy) is 2. The van der Waals surface area contributed by atoms with Gasteiger partial charge >= 0.3 is 5.97 Å². The zero-order chi connectivity index (χ0) is 16.8. The van der Waals surface area contributed by atoms with Crippen molar-refractivity contribution in [1.82, 2.24) is 0 Å². The summed E-state index contributed by atoms with van der Waals surface area (Å²) in [6.07, 6.45) is -0.697. The zero-order valence-electron chi connectivity index (χ0n) is 12.9. The molecular formula is C16H18O7. The van der Waals surface area contributed by atoms with Gasteiger partial charge in [0.25, 0.3) is 0 Å². The molecule has 1 aromatic carbocycles. The molecule has 0 aliphatic carbocycles. The minimum atomic E-state index is -0.882. The van der Waals surface area contributed by atoms with Gasteiger partial charge in [-0.1, -0.05) is 12.1 Å². The second-order valence-corrected chi connectivity index (χ2v) is 4.88. The standard InChI is InChI=1S/C16H18O7/c1-20-11-5-3-10(4-6-11)9-12(17)14-15(18)13(23-16(14)19)7-8-22-21-2/h3-6,13,18H,7-9H2,1-2H3. The lowest BCUT2D eigenvalue weighted by molar-refractivity contribution is -0.274. The first kappa shape index (κ1) is 17.0. The van der Waals surface area contributed by atoms with E-state index in [1.165, 1.54) is 7.11 Å². The molecule has 0 amide bonds. The third-order valence-corrected chi connectivity index (χ3v) is 3.40. The Kier molecular flexibility index (Phi) is 5.72. The fourth-order valence-corrected chi connectivity index (χ4v) is 2.22. The van der Waals surface area contributed by atoms with Gasteiger partial charge in [-0.05, 0) is 17.7 Å². The van der Waals surface area contributed by atoms with Crippen molar-refractivity contribution in [2.45, 2.75) is 18.9 Å². The molecule has 2 rings (SSSR count). The van der Waals surface area contributed by atoms with Gasteiger partial charge in [-0.25, -0.2) is 14.6 Å². The van der Waals surface area contributed by atoms with Crippen LogP contribution in [0.4, 0.5) is 0 Å². The SMILES string of the molecule is COOCCC1OC(=O)C(C(=O)Cc2ccc(OC)cc2)=C1O. The largest absolute Gasteiger partial charge is 0.507 e. The number of hydrogen-bond donors (Lipinski definition) is 1. The molecule has 1 heterocycles. The summed E-state index contributed by atoms with van der Waals surface area (Å²) < 4.78 is 10.0. The Labute approximate surface area is 133 Å². The Hall–Kier alpha value is -2.38. The van der Waals surface area contributed by atoms with Crippen molar-refractivity contribution >= 4 is 11.8 Å². The van der Waals surface area contributed by atoms with Gasteiger partial charge in [-0.15, -0.1) is 0 Å². The van der Waals surface area contributed by atoms with E-state index in [4.69, 9.17) is 9.47 Å². The highest BCUT2D eigenvalue weighted by Gasteiger charge is 2.37. The molecule has 1 unspecified atom stereocenters. The number of Topliss-reactive ketones (excluding diaryl/α,β-unsaturated/α-hetero) is 1. The van der Waals surface area contributed by atoms with Crippen LogP contribution in [0.5, 0.6) is 5.75 Å². The van der Waals surface area contributed by atoms with Crippen LogP contribution in [0.2, 0.25) is 0 Å². The number of esters is 1. The van der Waals surface area contributed by atoms with Gasteiger partial charge in [-0.2, -0.15) is 0 Å². The minimum absolute atomic E-state index is 0.0141. The first-order valence-electron chi connectivity index (χ1n) is 7.02. The van der Waals surface area contributed by atoms with Gasteiger partial charge in [0.15, 0.2) is 17.6 Å². The van der Waals surface area contributed by atoms with Crippen molar-refractivity contribution in [3.63, 3.8) is 0 Å². The van der Waals surface area contributed by atoms with Crippen LogP contribution >= 0.6 is 0 Å². The van der Waals surface area contributed by atoms with Gasteiger partial charge in [0.05, 0.1) is 20.8 Å². The van der Waals surface area contributed by atoms with Gasteiger partial charge in [0, 0.05) is 12.8 Å².